The third kappa shape index (κ3) is 2.46. The number of aromatic amines is 1. The number of aryl methyl sites for hydroxylation is 1. The van der Waals surface area contributed by atoms with Crippen molar-refractivity contribution in [3.05, 3.63) is 34.5 Å². The summed E-state index contributed by atoms with van der Waals surface area (Å²) in [6, 6.07) is 4.77. The van der Waals surface area contributed by atoms with Crippen LogP contribution in [-0.2, 0) is 11.2 Å². The number of halogens is 1. The Kier molecular flexibility index (Phi) is 3.25. The number of aromatic carboxylic acids is 1. The number of carboxylic acids is 2. The summed E-state index contributed by atoms with van der Waals surface area (Å²) in [5.74, 6) is -1.97. The molecule has 1 aromatic heterocycles. The Morgan fingerprint density at radius 1 is 1.22 bits per heavy atom. The maximum absolute atomic E-state index is 10.9. The molecule has 2 aromatic rings. The largest absolute Gasteiger partial charge is 0.481 e. The minimum Gasteiger partial charge on any atom is -0.481 e. The Hall–Kier alpha value is -2.01. The van der Waals surface area contributed by atoms with Crippen LogP contribution in [-0.4, -0.2) is 27.1 Å². The normalized spacial score (nSPS) is 10.7. The number of hydrogen-bond donors (Lipinski definition) is 3. The molecule has 6 heteroatoms. The maximum Gasteiger partial charge on any atom is 0.352 e. The van der Waals surface area contributed by atoms with E-state index in [2.05, 4.69) is 4.98 Å². The molecule has 18 heavy (non-hydrogen) atoms. The van der Waals surface area contributed by atoms with Crippen molar-refractivity contribution in [2.45, 2.75) is 12.8 Å². The van der Waals surface area contributed by atoms with Gasteiger partial charge >= 0.3 is 11.9 Å². The van der Waals surface area contributed by atoms with Crippen LogP contribution in [0.1, 0.15) is 22.5 Å². The quantitative estimate of drug-likeness (QED) is 0.794. The lowest BCUT2D eigenvalue weighted by molar-refractivity contribution is -0.136. The number of carboxylic acid groups (broad SMARTS) is 2. The van der Waals surface area contributed by atoms with Gasteiger partial charge in [0.15, 0.2) is 0 Å². The number of carbonyl (C=O) groups is 2. The van der Waals surface area contributed by atoms with Gasteiger partial charge in [-0.1, -0.05) is 11.6 Å². The van der Waals surface area contributed by atoms with E-state index in [0.29, 0.717) is 22.3 Å². The zero-order valence-corrected chi connectivity index (χ0v) is 9.99. The molecule has 94 valence electrons. The first-order valence-corrected chi connectivity index (χ1v) is 5.61. The second-order valence-electron chi connectivity index (χ2n) is 3.91. The van der Waals surface area contributed by atoms with Crippen LogP contribution in [0, 0.1) is 0 Å². The Labute approximate surface area is 107 Å². The fraction of sp³-hybridized carbons (Fsp3) is 0.167. The van der Waals surface area contributed by atoms with E-state index in [4.69, 9.17) is 21.8 Å². The van der Waals surface area contributed by atoms with E-state index < -0.39 is 11.9 Å². The third-order valence-corrected chi connectivity index (χ3v) is 2.85. The van der Waals surface area contributed by atoms with E-state index in [1.54, 1.807) is 12.1 Å². The summed E-state index contributed by atoms with van der Waals surface area (Å²) in [5.41, 5.74) is 1.38. The van der Waals surface area contributed by atoms with Crippen molar-refractivity contribution < 1.29 is 19.8 Å². The highest BCUT2D eigenvalue weighted by Crippen LogP contribution is 2.26. The average molecular weight is 268 g/mol. The molecule has 0 aliphatic heterocycles. The molecule has 0 saturated carbocycles. The number of nitrogens with one attached hydrogen (secondary N) is 1. The number of fused-ring (bicyclic) bond motifs is 1. The highest BCUT2D eigenvalue weighted by atomic mass is 35.5. The molecule has 0 aliphatic rings. The van der Waals surface area contributed by atoms with Crippen LogP contribution >= 0.6 is 11.6 Å². The van der Waals surface area contributed by atoms with E-state index in [0.717, 1.165) is 5.56 Å². The van der Waals surface area contributed by atoms with Gasteiger partial charge in [0.25, 0.3) is 0 Å². The lowest BCUT2D eigenvalue weighted by atomic mass is 10.1. The first kappa shape index (κ1) is 12.4. The lowest BCUT2D eigenvalue weighted by Gasteiger charge is -2.02. The molecular formula is C12H10ClNO4. The second kappa shape index (κ2) is 4.70. The predicted molar refractivity (Wildman–Crippen MR) is 66.2 cm³/mol. The van der Waals surface area contributed by atoms with Gasteiger partial charge in [-0.25, -0.2) is 4.79 Å². The van der Waals surface area contributed by atoms with Crippen LogP contribution in [0.2, 0.25) is 5.02 Å². The molecule has 2 rings (SSSR count). The summed E-state index contributed by atoms with van der Waals surface area (Å²) in [6.07, 6.45) is 0.284. The van der Waals surface area contributed by atoms with E-state index in [-0.39, 0.29) is 12.1 Å². The van der Waals surface area contributed by atoms with Crippen molar-refractivity contribution in [3.8, 4) is 0 Å². The van der Waals surface area contributed by atoms with Crippen LogP contribution in [0.4, 0.5) is 0 Å². The number of hydrogen-bond acceptors (Lipinski definition) is 2. The van der Waals surface area contributed by atoms with Gasteiger partial charge in [-0.3, -0.25) is 4.79 Å². The van der Waals surface area contributed by atoms with Crippen molar-refractivity contribution in [2.75, 3.05) is 0 Å². The molecule has 0 aliphatic carbocycles. The fourth-order valence-corrected chi connectivity index (χ4v) is 2.08. The summed E-state index contributed by atoms with van der Waals surface area (Å²) in [7, 11) is 0. The molecule has 5 nitrogen and oxygen atoms in total. The number of aliphatic carboxylic acids is 1. The van der Waals surface area contributed by atoms with Crippen LogP contribution in [0.25, 0.3) is 10.9 Å². The Morgan fingerprint density at radius 3 is 2.56 bits per heavy atom. The smallest absolute Gasteiger partial charge is 0.352 e. The minimum absolute atomic E-state index is 0.0248. The van der Waals surface area contributed by atoms with Crippen molar-refractivity contribution in [1.82, 2.24) is 4.98 Å². The maximum atomic E-state index is 10.9. The topological polar surface area (TPSA) is 90.4 Å². The number of benzene rings is 1. The lowest BCUT2D eigenvalue weighted by Crippen LogP contribution is -1.97. The van der Waals surface area contributed by atoms with Crippen LogP contribution in [0.3, 0.4) is 0 Å². The summed E-state index contributed by atoms with van der Waals surface area (Å²) >= 11 is 5.91. The van der Waals surface area contributed by atoms with Crippen LogP contribution in [0.5, 0.6) is 0 Å². The highest BCUT2D eigenvalue weighted by molar-refractivity contribution is 6.31. The molecular weight excluding hydrogens is 258 g/mol. The van der Waals surface area contributed by atoms with Crippen molar-refractivity contribution in [1.29, 1.82) is 0 Å². The molecule has 0 bridgehead atoms. The Balaban J connectivity index is 2.50. The zero-order valence-electron chi connectivity index (χ0n) is 9.24. The van der Waals surface area contributed by atoms with Gasteiger partial charge in [-0.15, -0.1) is 0 Å². The SMILES string of the molecule is O=C(O)CCc1cc(Cl)cc2[nH]c(C(=O)O)cc12. The standard InChI is InChI=1S/C12H10ClNO4/c13-7-3-6(1-2-11(15)16)8-5-10(12(17)18)14-9(8)4-7/h3-5,14H,1-2H2,(H,15,16)(H,17,18). The molecule has 0 saturated heterocycles. The van der Waals surface area contributed by atoms with Gasteiger partial charge in [-0.05, 0) is 30.2 Å². The van der Waals surface area contributed by atoms with Gasteiger partial charge < -0.3 is 15.2 Å². The first-order valence-electron chi connectivity index (χ1n) is 5.23. The summed E-state index contributed by atoms with van der Waals surface area (Å²) < 4.78 is 0. The highest BCUT2D eigenvalue weighted by Gasteiger charge is 2.12. The minimum atomic E-state index is -1.06. The van der Waals surface area contributed by atoms with Crippen molar-refractivity contribution >= 4 is 34.4 Å². The molecule has 0 spiro atoms. The molecule has 1 aromatic carbocycles. The van der Waals surface area contributed by atoms with Gasteiger partial charge in [-0.2, -0.15) is 0 Å². The molecule has 0 amide bonds. The molecule has 0 radical (unpaired) electrons. The fourth-order valence-electron chi connectivity index (χ4n) is 1.84. The van der Waals surface area contributed by atoms with E-state index >= 15 is 0 Å². The van der Waals surface area contributed by atoms with Crippen LogP contribution < -0.4 is 0 Å². The first-order chi connectivity index (χ1) is 8.47. The molecule has 0 atom stereocenters. The van der Waals surface area contributed by atoms with Gasteiger partial charge in [0, 0.05) is 22.3 Å². The average Bonchev–Trinajstić information content (AvgIpc) is 2.69. The molecule has 0 fully saturated rings. The van der Waals surface area contributed by atoms with Gasteiger partial charge in [0.05, 0.1) is 0 Å². The summed E-state index contributed by atoms with van der Waals surface area (Å²) in [6.45, 7) is 0. The number of rotatable bonds is 4. The van der Waals surface area contributed by atoms with Crippen LogP contribution in [0.15, 0.2) is 18.2 Å². The molecule has 3 N–H and O–H groups in total. The van der Waals surface area contributed by atoms with Gasteiger partial charge in [0.1, 0.15) is 5.69 Å². The monoisotopic (exact) mass is 267 g/mol. The third-order valence-electron chi connectivity index (χ3n) is 2.63. The second-order valence-corrected chi connectivity index (χ2v) is 4.34. The van der Waals surface area contributed by atoms with E-state index in [1.165, 1.54) is 6.07 Å². The van der Waals surface area contributed by atoms with Crippen molar-refractivity contribution in [2.24, 2.45) is 0 Å². The predicted octanol–water partition coefficient (Wildman–Crippen LogP) is 2.54. The Bertz CT molecular complexity index is 632. The summed E-state index contributed by atoms with van der Waals surface area (Å²) in [5, 5.41) is 18.7. The Morgan fingerprint density at radius 2 is 1.94 bits per heavy atom. The zero-order chi connectivity index (χ0) is 13.3. The van der Waals surface area contributed by atoms with E-state index in [9.17, 15) is 9.59 Å². The number of aromatic nitrogens is 1. The summed E-state index contributed by atoms with van der Waals surface area (Å²) in [4.78, 5) is 24.2. The molecule has 0 unspecified atom stereocenters. The van der Waals surface area contributed by atoms with Gasteiger partial charge in [0.2, 0.25) is 0 Å². The van der Waals surface area contributed by atoms with Crippen molar-refractivity contribution in [3.63, 3.8) is 0 Å². The van der Waals surface area contributed by atoms with E-state index in [1.807, 2.05) is 0 Å². The number of H-pyrrole nitrogens is 1. The molecule has 1 heterocycles.